The smallest absolute Gasteiger partial charge is 0.00793 e. The Hall–Kier alpha value is -0.0800. The summed E-state index contributed by atoms with van der Waals surface area (Å²) in [6, 6.07) is 0.711. The van der Waals surface area contributed by atoms with Crippen LogP contribution in [0.5, 0.6) is 0 Å². The molecule has 0 aromatic carbocycles. The molecular formula is C20H38N2. The summed E-state index contributed by atoms with van der Waals surface area (Å²) in [4.78, 5) is 0. The zero-order chi connectivity index (χ0) is 15.6. The van der Waals surface area contributed by atoms with Gasteiger partial charge in [-0.3, -0.25) is 0 Å². The topological polar surface area (TPSA) is 24.1 Å². The van der Waals surface area contributed by atoms with Crippen molar-refractivity contribution in [3.05, 3.63) is 0 Å². The average molecular weight is 307 g/mol. The first-order valence-corrected chi connectivity index (χ1v) is 10.0. The standard InChI is InChI=1S/C20H38N2/c1-15(16-7-5-4-6-8-16)22-12-11-21-14-17-9-10-18-13-19(17)20(18,2)3/h15-19,21-22H,4-14H2,1-3H3/t15-,17-,18?,19-/m0/s1. The van der Waals surface area contributed by atoms with Crippen molar-refractivity contribution in [3.63, 3.8) is 0 Å². The van der Waals surface area contributed by atoms with E-state index in [1.54, 1.807) is 0 Å². The highest BCUT2D eigenvalue weighted by Crippen LogP contribution is 2.61. The Balaban J connectivity index is 1.28. The van der Waals surface area contributed by atoms with Crippen molar-refractivity contribution in [1.29, 1.82) is 0 Å². The molecule has 128 valence electrons. The Morgan fingerprint density at radius 1 is 1.00 bits per heavy atom. The SMILES string of the molecule is C[C@H](NCCNC[C@@H]1CCC2C[C@@H]1C2(C)C)C1CCCCC1. The van der Waals surface area contributed by atoms with Gasteiger partial charge >= 0.3 is 0 Å². The molecule has 4 saturated carbocycles. The molecule has 4 fully saturated rings. The van der Waals surface area contributed by atoms with E-state index in [1.807, 2.05) is 0 Å². The predicted molar refractivity (Wildman–Crippen MR) is 95.0 cm³/mol. The Bertz CT molecular complexity index is 344. The molecule has 4 rings (SSSR count). The van der Waals surface area contributed by atoms with Crippen LogP contribution in [0.15, 0.2) is 0 Å². The van der Waals surface area contributed by atoms with E-state index < -0.39 is 0 Å². The molecule has 0 saturated heterocycles. The molecule has 0 spiro atoms. The molecular weight excluding hydrogens is 268 g/mol. The summed E-state index contributed by atoms with van der Waals surface area (Å²) >= 11 is 0. The van der Waals surface area contributed by atoms with Gasteiger partial charge in [-0.15, -0.1) is 0 Å². The summed E-state index contributed by atoms with van der Waals surface area (Å²) in [5, 5.41) is 7.51. The van der Waals surface area contributed by atoms with Gasteiger partial charge in [-0.05, 0) is 74.7 Å². The second kappa shape index (κ2) is 7.21. The first kappa shape index (κ1) is 16.8. The molecule has 2 bridgehead atoms. The van der Waals surface area contributed by atoms with Crippen molar-refractivity contribution in [2.24, 2.45) is 29.1 Å². The van der Waals surface area contributed by atoms with Crippen LogP contribution < -0.4 is 10.6 Å². The van der Waals surface area contributed by atoms with Crippen LogP contribution in [-0.4, -0.2) is 25.7 Å². The zero-order valence-corrected chi connectivity index (χ0v) is 15.2. The van der Waals surface area contributed by atoms with Crippen LogP contribution in [0.3, 0.4) is 0 Å². The molecule has 4 aliphatic rings. The van der Waals surface area contributed by atoms with Crippen molar-refractivity contribution < 1.29 is 0 Å². The lowest BCUT2D eigenvalue weighted by Gasteiger charge is -2.60. The first-order chi connectivity index (χ1) is 10.6. The Morgan fingerprint density at radius 2 is 1.77 bits per heavy atom. The molecule has 2 nitrogen and oxygen atoms in total. The van der Waals surface area contributed by atoms with Crippen LogP contribution in [0.25, 0.3) is 0 Å². The van der Waals surface area contributed by atoms with Crippen LogP contribution in [0.1, 0.15) is 72.1 Å². The highest BCUT2D eigenvalue weighted by molar-refractivity contribution is 5.03. The summed E-state index contributed by atoms with van der Waals surface area (Å²) in [6.45, 7) is 10.9. The van der Waals surface area contributed by atoms with Crippen LogP contribution in [0, 0.1) is 29.1 Å². The first-order valence-electron chi connectivity index (χ1n) is 10.0. The van der Waals surface area contributed by atoms with Gasteiger partial charge in [0.05, 0.1) is 0 Å². The number of rotatable bonds is 7. The Kier molecular flexibility index (Phi) is 5.50. The lowest BCUT2D eigenvalue weighted by molar-refractivity contribution is -0.103. The van der Waals surface area contributed by atoms with E-state index in [9.17, 15) is 0 Å². The average Bonchev–Trinajstić information content (AvgIpc) is 2.55. The molecule has 1 unspecified atom stereocenters. The highest BCUT2D eigenvalue weighted by Gasteiger charge is 2.53. The maximum atomic E-state index is 3.76. The third kappa shape index (κ3) is 3.53. The van der Waals surface area contributed by atoms with Gasteiger partial charge in [0.15, 0.2) is 0 Å². The molecule has 0 amide bonds. The predicted octanol–water partition coefficient (Wildman–Crippen LogP) is 4.21. The molecule has 2 heteroatoms. The maximum Gasteiger partial charge on any atom is 0.00793 e. The number of nitrogens with one attached hydrogen (secondary N) is 2. The summed E-state index contributed by atoms with van der Waals surface area (Å²) in [5.74, 6) is 3.90. The zero-order valence-electron chi connectivity index (χ0n) is 15.2. The second-order valence-corrected chi connectivity index (χ2v) is 9.04. The quantitative estimate of drug-likeness (QED) is 0.689. The minimum absolute atomic E-state index is 0.637. The van der Waals surface area contributed by atoms with Crippen LogP contribution in [-0.2, 0) is 0 Å². The maximum absolute atomic E-state index is 3.76. The van der Waals surface area contributed by atoms with E-state index in [4.69, 9.17) is 0 Å². The summed E-state index contributed by atoms with van der Waals surface area (Å²) in [7, 11) is 0. The molecule has 4 atom stereocenters. The van der Waals surface area contributed by atoms with E-state index in [2.05, 4.69) is 31.4 Å². The Labute approximate surface area is 138 Å². The fraction of sp³-hybridized carbons (Fsp3) is 1.00. The van der Waals surface area contributed by atoms with Crippen LogP contribution in [0.4, 0.5) is 0 Å². The normalized spacial score (nSPS) is 35.9. The van der Waals surface area contributed by atoms with E-state index in [-0.39, 0.29) is 0 Å². The molecule has 0 aromatic heterocycles. The third-order valence-corrected chi connectivity index (χ3v) is 7.53. The van der Waals surface area contributed by atoms with Gasteiger partial charge in [0.25, 0.3) is 0 Å². The van der Waals surface area contributed by atoms with Gasteiger partial charge in [0.2, 0.25) is 0 Å². The molecule has 0 heterocycles. The van der Waals surface area contributed by atoms with E-state index in [0.29, 0.717) is 11.5 Å². The van der Waals surface area contributed by atoms with Gasteiger partial charge in [-0.25, -0.2) is 0 Å². The molecule has 2 N–H and O–H groups in total. The molecule has 0 aromatic rings. The van der Waals surface area contributed by atoms with Gasteiger partial charge in [-0.1, -0.05) is 33.1 Å². The minimum Gasteiger partial charge on any atom is -0.315 e. The fourth-order valence-electron chi connectivity index (χ4n) is 5.68. The van der Waals surface area contributed by atoms with E-state index >= 15 is 0 Å². The minimum atomic E-state index is 0.637. The van der Waals surface area contributed by atoms with Crippen LogP contribution >= 0.6 is 0 Å². The monoisotopic (exact) mass is 306 g/mol. The van der Waals surface area contributed by atoms with Crippen molar-refractivity contribution in [2.45, 2.75) is 78.2 Å². The van der Waals surface area contributed by atoms with Gasteiger partial charge in [-0.2, -0.15) is 0 Å². The lowest BCUT2D eigenvalue weighted by Crippen LogP contribution is -2.54. The Morgan fingerprint density at radius 3 is 2.45 bits per heavy atom. The van der Waals surface area contributed by atoms with Gasteiger partial charge < -0.3 is 10.6 Å². The van der Waals surface area contributed by atoms with Crippen molar-refractivity contribution >= 4 is 0 Å². The molecule has 22 heavy (non-hydrogen) atoms. The lowest BCUT2D eigenvalue weighted by atomic mass is 9.45. The second-order valence-electron chi connectivity index (χ2n) is 9.04. The summed E-state index contributed by atoms with van der Waals surface area (Å²) in [5.41, 5.74) is 0.637. The third-order valence-electron chi connectivity index (χ3n) is 7.53. The highest BCUT2D eigenvalue weighted by atomic mass is 15.0. The van der Waals surface area contributed by atoms with E-state index in [1.165, 1.54) is 57.9 Å². The van der Waals surface area contributed by atoms with Gasteiger partial charge in [0.1, 0.15) is 0 Å². The van der Waals surface area contributed by atoms with Crippen molar-refractivity contribution in [2.75, 3.05) is 19.6 Å². The largest absolute Gasteiger partial charge is 0.315 e. The molecule has 0 aliphatic heterocycles. The van der Waals surface area contributed by atoms with Crippen LogP contribution in [0.2, 0.25) is 0 Å². The molecule has 4 aliphatic carbocycles. The number of fused-ring (bicyclic) bond motifs is 2. The summed E-state index contributed by atoms with van der Waals surface area (Å²) in [6.07, 6.45) is 11.7. The van der Waals surface area contributed by atoms with Crippen molar-refractivity contribution in [3.8, 4) is 0 Å². The number of hydrogen-bond acceptors (Lipinski definition) is 2. The van der Waals surface area contributed by atoms with Crippen molar-refractivity contribution in [1.82, 2.24) is 10.6 Å². The number of hydrogen-bond donors (Lipinski definition) is 2. The van der Waals surface area contributed by atoms with E-state index in [0.717, 1.165) is 36.8 Å². The summed E-state index contributed by atoms with van der Waals surface area (Å²) < 4.78 is 0. The fourth-order valence-corrected chi connectivity index (χ4v) is 5.68. The van der Waals surface area contributed by atoms with Gasteiger partial charge in [0, 0.05) is 19.1 Å². The molecule has 0 radical (unpaired) electrons.